The zero-order valence-corrected chi connectivity index (χ0v) is 11.0. The second kappa shape index (κ2) is 6.99. The highest BCUT2D eigenvalue weighted by Crippen LogP contribution is 2.17. The molecule has 7 nitrogen and oxygen atoms in total. The summed E-state index contributed by atoms with van der Waals surface area (Å²) < 4.78 is 9.92. The van der Waals surface area contributed by atoms with Gasteiger partial charge in [-0.3, -0.25) is 0 Å². The largest absolute Gasteiger partial charge is 0.482 e. The Morgan fingerprint density at radius 3 is 2.86 bits per heavy atom. The van der Waals surface area contributed by atoms with E-state index in [9.17, 15) is 9.59 Å². The number of hydrogen-bond acceptors (Lipinski definition) is 4. The molecule has 7 heteroatoms. The van der Waals surface area contributed by atoms with Crippen molar-refractivity contribution in [3.8, 4) is 5.75 Å². The van der Waals surface area contributed by atoms with Gasteiger partial charge in [-0.2, -0.15) is 0 Å². The van der Waals surface area contributed by atoms with E-state index in [1.165, 1.54) is 6.26 Å². The van der Waals surface area contributed by atoms with Gasteiger partial charge in [0.25, 0.3) is 0 Å². The average Bonchev–Trinajstić information content (AvgIpc) is 2.97. The van der Waals surface area contributed by atoms with Crippen LogP contribution in [-0.2, 0) is 11.3 Å². The molecule has 0 saturated heterocycles. The number of benzene rings is 1. The summed E-state index contributed by atoms with van der Waals surface area (Å²) in [6, 6.07) is 7.85. The highest BCUT2D eigenvalue weighted by atomic mass is 16.5. The first-order valence-electron chi connectivity index (χ1n) is 6.14. The molecule has 0 aliphatic rings. The molecule has 0 aliphatic heterocycles. The normalized spacial score (nSPS) is 9.90. The van der Waals surface area contributed by atoms with Gasteiger partial charge < -0.3 is 24.9 Å². The third-order valence-corrected chi connectivity index (χ3v) is 2.49. The van der Waals surface area contributed by atoms with Crippen molar-refractivity contribution in [2.45, 2.75) is 6.54 Å². The summed E-state index contributed by atoms with van der Waals surface area (Å²) in [5.41, 5.74) is 1.35. The topological polar surface area (TPSA) is 101 Å². The number of furan rings is 1. The number of ether oxygens (including phenoxy) is 1. The maximum Gasteiger partial charge on any atom is 0.341 e. The molecule has 2 amide bonds. The Balaban J connectivity index is 1.85. The molecular weight excluding hydrogens is 276 g/mol. The van der Waals surface area contributed by atoms with Crippen LogP contribution in [-0.4, -0.2) is 23.7 Å². The predicted octanol–water partition coefficient (Wildman–Crippen LogP) is 2.06. The summed E-state index contributed by atoms with van der Waals surface area (Å²) in [5, 5.41) is 13.8. The first-order chi connectivity index (χ1) is 10.1. The third kappa shape index (κ3) is 4.90. The van der Waals surface area contributed by atoms with Crippen LogP contribution in [0, 0.1) is 0 Å². The van der Waals surface area contributed by atoms with Crippen LogP contribution < -0.4 is 15.4 Å². The first kappa shape index (κ1) is 14.4. The predicted molar refractivity (Wildman–Crippen MR) is 74.1 cm³/mol. The number of carboxylic acids is 1. The molecule has 21 heavy (non-hydrogen) atoms. The molecule has 0 spiro atoms. The van der Waals surface area contributed by atoms with E-state index < -0.39 is 12.6 Å². The van der Waals surface area contributed by atoms with Gasteiger partial charge in [-0.05, 0) is 18.2 Å². The smallest absolute Gasteiger partial charge is 0.341 e. The van der Waals surface area contributed by atoms with Crippen molar-refractivity contribution in [3.63, 3.8) is 0 Å². The van der Waals surface area contributed by atoms with Crippen molar-refractivity contribution in [2.75, 3.05) is 11.9 Å². The maximum absolute atomic E-state index is 11.7. The van der Waals surface area contributed by atoms with Gasteiger partial charge in [-0.1, -0.05) is 6.07 Å². The molecule has 0 atom stereocenters. The average molecular weight is 290 g/mol. The van der Waals surface area contributed by atoms with Crippen molar-refractivity contribution in [1.82, 2.24) is 5.32 Å². The fourth-order valence-corrected chi connectivity index (χ4v) is 1.56. The van der Waals surface area contributed by atoms with E-state index in [1.54, 1.807) is 36.6 Å². The summed E-state index contributed by atoms with van der Waals surface area (Å²) in [7, 11) is 0. The van der Waals surface area contributed by atoms with Crippen molar-refractivity contribution in [1.29, 1.82) is 0 Å². The van der Waals surface area contributed by atoms with Crippen LogP contribution >= 0.6 is 0 Å². The summed E-state index contributed by atoms with van der Waals surface area (Å²) in [4.78, 5) is 22.1. The molecule has 0 aliphatic carbocycles. The molecule has 1 heterocycles. The Hall–Kier alpha value is -2.96. The Bertz CT molecular complexity index is 610. The number of carboxylic acid groups (broad SMARTS) is 1. The zero-order valence-electron chi connectivity index (χ0n) is 11.0. The van der Waals surface area contributed by atoms with Gasteiger partial charge >= 0.3 is 12.0 Å². The summed E-state index contributed by atoms with van der Waals surface area (Å²) in [6.45, 7) is -0.0896. The molecule has 0 fully saturated rings. The van der Waals surface area contributed by atoms with Crippen LogP contribution in [0.25, 0.3) is 0 Å². The van der Waals surface area contributed by atoms with Gasteiger partial charge in [0.1, 0.15) is 5.75 Å². The van der Waals surface area contributed by atoms with Crippen molar-refractivity contribution >= 4 is 17.7 Å². The van der Waals surface area contributed by atoms with Gasteiger partial charge in [0, 0.05) is 23.9 Å². The Morgan fingerprint density at radius 2 is 2.14 bits per heavy atom. The minimum absolute atomic E-state index is 0.345. The standard InChI is InChI=1S/C14H14N2O5/c17-13(18)9-21-12-3-1-2-11(6-12)16-14(19)15-7-10-4-5-20-8-10/h1-6,8H,7,9H2,(H,17,18)(H2,15,16,19). The lowest BCUT2D eigenvalue weighted by molar-refractivity contribution is -0.139. The van der Waals surface area contributed by atoms with Crippen LogP contribution in [0.2, 0.25) is 0 Å². The Morgan fingerprint density at radius 1 is 1.29 bits per heavy atom. The second-order valence-electron chi connectivity index (χ2n) is 4.15. The number of amides is 2. The molecular formula is C14H14N2O5. The highest BCUT2D eigenvalue weighted by Gasteiger charge is 2.04. The lowest BCUT2D eigenvalue weighted by Crippen LogP contribution is -2.27. The number of rotatable bonds is 6. The van der Waals surface area contributed by atoms with Crippen LogP contribution in [0.15, 0.2) is 47.3 Å². The Kier molecular flexibility index (Phi) is 4.81. The van der Waals surface area contributed by atoms with Gasteiger partial charge in [0.05, 0.1) is 12.5 Å². The van der Waals surface area contributed by atoms with E-state index in [0.29, 0.717) is 18.0 Å². The van der Waals surface area contributed by atoms with Crippen LogP contribution in [0.5, 0.6) is 5.75 Å². The summed E-state index contributed by atoms with van der Waals surface area (Å²) >= 11 is 0. The molecule has 2 aromatic rings. The fraction of sp³-hybridized carbons (Fsp3) is 0.143. The summed E-state index contributed by atoms with van der Waals surface area (Å²) in [6.07, 6.45) is 3.07. The van der Waals surface area contributed by atoms with Crippen molar-refractivity contribution in [2.24, 2.45) is 0 Å². The molecule has 3 N–H and O–H groups in total. The number of carbonyl (C=O) groups is 2. The minimum atomic E-state index is -1.06. The number of hydrogen-bond donors (Lipinski definition) is 3. The number of anilines is 1. The number of carbonyl (C=O) groups excluding carboxylic acids is 1. The fourth-order valence-electron chi connectivity index (χ4n) is 1.56. The van der Waals surface area contributed by atoms with Gasteiger partial charge in [-0.15, -0.1) is 0 Å². The summed E-state index contributed by atoms with van der Waals surface area (Å²) in [5.74, 6) is -0.698. The third-order valence-electron chi connectivity index (χ3n) is 2.49. The molecule has 0 bridgehead atoms. The van der Waals surface area contributed by atoms with E-state index >= 15 is 0 Å². The molecule has 0 saturated carbocycles. The monoisotopic (exact) mass is 290 g/mol. The minimum Gasteiger partial charge on any atom is -0.482 e. The highest BCUT2D eigenvalue weighted by molar-refractivity contribution is 5.89. The second-order valence-corrected chi connectivity index (χ2v) is 4.15. The van der Waals surface area contributed by atoms with E-state index in [1.807, 2.05) is 0 Å². The SMILES string of the molecule is O=C(O)COc1cccc(NC(=O)NCc2ccoc2)c1. The van der Waals surface area contributed by atoms with Gasteiger partial charge in [0.15, 0.2) is 6.61 Å². The van der Waals surface area contributed by atoms with Gasteiger partial charge in [0.2, 0.25) is 0 Å². The number of aliphatic carboxylic acids is 1. The molecule has 0 radical (unpaired) electrons. The van der Waals surface area contributed by atoms with E-state index in [2.05, 4.69) is 10.6 Å². The molecule has 2 rings (SSSR count). The van der Waals surface area contributed by atoms with E-state index in [4.69, 9.17) is 14.3 Å². The van der Waals surface area contributed by atoms with E-state index in [-0.39, 0.29) is 6.03 Å². The maximum atomic E-state index is 11.7. The van der Waals surface area contributed by atoms with Crippen molar-refractivity contribution < 1.29 is 23.8 Å². The van der Waals surface area contributed by atoms with Gasteiger partial charge in [-0.25, -0.2) is 9.59 Å². The quantitative estimate of drug-likeness (QED) is 0.756. The number of urea groups is 1. The zero-order chi connectivity index (χ0) is 15.1. The molecule has 1 aromatic carbocycles. The van der Waals surface area contributed by atoms with E-state index in [0.717, 1.165) is 5.56 Å². The van der Waals surface area contributed by atoms with Crippen molar-refractivity contribution in [3.05, 3.63) is 48.4 Å². The van der Waals surface area contributed by atoms with Crippen LogP contribution in [0.4, 0.5) is 10.5 Å². The number of nitrogens with one attached hydrogen (secondary N) is 2. The Labute approximate surface area is 120 Å². The molecule has 110 valence electrons. The van der Waals surface area contributed by atoms with Crippen LogP contribution in [0.1, 0.15) is 5.56 Å². The van der Waals surface area contributed by atoms with Crippen LogP contribution in [0.3, 0.4) is 0 Å². The first-order valence-corrected chi connectivity index (χ1v) is 6.14. The lowest BCUT2D eigenvalue weighted by atomic mass is 10.3. The molecule has 1 aromatic heterocycles. The lowest BCUT2D eigenvalue weighted by Gasteiger charge is -2.08. The molecule has 0 unspecified atom stereocenters.